The van der Waals surface area contributed by atoms with Crippen molar-refractivity contribution in [2.45, 2.75) is 13.8 Å². The minimum atomic E-state index is -0.198. The van der Waals surface area contributed by atoms with E-state index in [4.69, 9.17) is 10.5 Å². The summed E-state index contributed by atoms with van der Waals surface area (Å²) in [5, 5.41) is 9.47. The minimum absolute atomic E-state index is 0.0151. The Morgan fingerprint density at radius 1 is 1.60 bits per heavy atom. The van der Waals surface area contributed by atoms with Crippen LogP contribution in [0.4, 0.5) is 5.69 Å². The Labute approximate surface area is 88.2 Å². The lowest BCUT2D eigenvalue weighted by Crippen LogP contribution is -2.21. The van der Waals surface area contributed by atoms with Crippen LogP contribution in [0.1, 0.15) is 11.4 Å². The highest BCUT2D eigenvalue weighted by atomic mass is 16.5. The molecule has 0 bridgehead atoms. The van der Waals surface area contributed by atoms with Crippen molar-refractivity contribution in [2.24, 2.45) is 5.73 Å². The van der Waals surface area contributed by atoms with Crippen molar-refractivity contribution in [3.8, 4) is 0 Å². The monoisotopic (exact) mass is 212 g/mol. The lowest BCUT2D eigenvalue weighted by Gasteiger charge is -2.05. The number of carbonyl (C=O) groups is 1. The first-order valence-electron chi connectivity index (χ1n) is 4.74. The Hall–Kier alpha value is -1.40. The number of anilines is 1. The molecule has 15 heavy (non-hydrogen) atoms. The molecule has 0 spiro atoms. The Morgan fingerprint density at radius 3 is 2.87 bits per heavy atom. The molecule has 0 aliphatic heterocycles. The number of nitrogens with one attached hydrogen (secondary N) is 2. The third-order valence-corrected chi connectivity index (χ3v) is 1.89. The van der Waals surface area contributed by atoms with Gasteiger partial charge in [0, 0.05) is 6.54 Å². The second-order valence-corrected chi connectivity index (χ2v) is 3.20. The summed E-state index contributed by atoms with van der Waals surface area (Å²) in [5.74, 6) is -0.198. The molecule has 1 amide bonds. The zero-order valence-electron chi connectivity index (χ0n) is 8.96. The van der Waals surface area contributed by atoms with Crippen LogP contribution in [-0.4, -0.2) is 35.9 Å². The number of aromatic nitrogens is 2. The van der Waals surface area contributed by atoms with E-state index in [0.29, 0.717) is 13.2 Å². The summed E-state index contributed by atoms with van der Waals surface area (Å²) in [5.41, 5.74) is 7.54. The second kappa shape index (κ2) is 5.47. The Balaban J connectivity index is 2.44. The average molecular weight is 212 g/mol. The van der Waals surface area contributed by atoms with Crippen molar-refractivity contribution >= 4 is 11.6 Å². The lowest BCUT2D eigenvalue weighted by atomic mass is 10.3. The van der Waals surface area contributed by atoms with E-state index in [-0.39, 0.29) is 12.5 Å². The number of ether oxygens (including phenoxy) is 1. The van der Waals surface area contributed by atoms with Gasteiger partial charge in [-0.15, -0.1) is 0 Å². The van der Waals surface area contributed by atoms with Crippen LogP contribution in [0.3, 0.4) is 0 Å². The van der Waals surface area contributed by atoms with Crippen molar-refractivity contribution in [3.05, 3.63) is 11.4 Å². The molecule has 0 saturated heterocycles. The zero-order chi connectivity index (χ0) is 11.3. The summed E-state index contributed by atoms with van der Waals surface area (Å²) in [4.78, 5) is 11.4. The van der Waals surface area contributed by atoms with Crippen LogP contribution < -0.4 is 11.1 Å². The zero-order valence-corrected chi connectivity index (χ0v) is 8.96. The SMILES string of the molecule is Cc1n[nH]c(C)c1NC(=O)COCCN. The van der Waals surface area contributed by atoms with Crippen LogP contribution in [0.25, 0.3) is 0 Å². The highest BCUT2D eigenvalue weighted by Crippen LogP contribution is 2.15. The van der Waals surface area contributed by atoms with E-state index in [1.54, 1.807) is 0 Å². The summed E-state index contributed by atoms with van der Waals surface area (Å²) in [6.45, 7) is 4.48. The molecule has 0 unspecified atom stereocenters. The molecule has 0 radical (unpaired) electrons. The van der Waals surface area contributed by atoms with Gasteiger partial charge in [0.05, 0.1) is 23.7 Å². The number of nitrogens with two attached hydrogens (primary N) is 1. The highest BCUT2D eigenvalue weighted by Gasteiger charge is 2.09. The van der Waals surface area contributed by atoms with Crippen molar-refractivity contribution in [3.63, 3.8) is 0 Å². The Morgan fingerprint density at radius 2 is 2.33 bits per heavy atom. The van der Waals surface area contributed by atoms with Crippen LogP contribution in [-0.2, 0) is 9.53 Å². The quantitative estimate of drug-likeness (QED) is 0.596. The molecule has 6 heteroatoms. The van der Waals surface area contributed by atoms with Crippen LogP contribution >= 0.6 is 0 Å². The number of aromatic amines is 1. The molecular weight excluding hydrogens is 196 g/mol. The minimum Gasteiger partial charge on any atom is -0.370 e. The first-order chi connectivity index (χ1) is 7.15. The molecular formula is C9H16N4O2. The molecule has 1 aromatic rings. The number of carbonyl (C=O) groups excluding carboxylic acids is 1. The largest absolute Gasteiger partial charge is 0.370 e. The maximum Gasteiger partial charge on any atom is 0.250 e. The van der Waals surface area contributed by atoms with Crippen LogP contribution in [0.5, 0.6) is 0 Å². The van der Waals surface area contributed by atoms with E-state index in [1.807, 2.05) is 13.8 Å². The average Bonchev–Trinajstić information content (AvgIpc) is 2.50. The summed E-state index contributed by atoms with van der Waals surface area (Å²) >= 11 is 0. The fourth-order valence-electron chi connectivity index (χ4n) is 1.16. The van der Waals surface area contributed by atoms with E-state index in [1.165, 1.54) is 0 Å². The predicted molar refractivity (Wildman–Crippen MR) is 56.6 cm³/mol. The van der Waals surface area contributed by atoms with Crippen molar-refractivity contribution in [1.29, 1.82) is 0 Å². The molecule has 0 aromatic carbocycles. The number of aryl methyl sites for hydroxylation is 2. The second-order valence-electron chi connectivity index (χ2n) is 3.20. The molecule has 0 atom stereocenters. The fraction of sp³-hybridized carbons (Fsp3) is 0.556. The first kappa shape index (κ1) is 11.7. The normalized spacial score (nSPS) is 10.3. The van der Waals surface area contributed by atoms with E-state index >= 15 is 0 Å². The van der Waals surface area contributed by atoms with Gasteiger partial charge in [-0.25, -0.2) is 0 Å². The number of amides is 1. The smallest absolute Gasteiger partial charge is 0.250 e. The third kappa shape index (κ3) is 3.34. The molecule has 1 rings (SSSR count). The maximum absolute atomic E-state index is 11.4. The van der Waals surface area contributed by atoms with Gasteiger partial charge in [-0.2, -0.15) is 5.10 Å². The number of hydrogen-bond donors (Lipinski definition) is 3. The highest BCUT2D eigenvalue weighted by molar-refractivity contribution is 5.92. The van der Waals surface area contributed by atoms with Gasteiger partial charge in [-0.3, -0.25) is 9.89 Å². The first-order valence-corrected chi connectivity index (χ1v) is 4.74. The Bertz CT molecular complexity index is 315. The fourth-order valence-corrected chi connectivity index (χ4v) is 1.16. The molecule has 0 fully saturated rings. The number of nitrogens with zero attached hydrogens (tertiary/aromatic N) is 1. The maximum atomic E-state index is 11.4. The topological polar surface area (TPSA) is 93.0 Å². The van der Waals surface area contributed by atoms with Crippen LogP contribution in [0, 0.1) is 13.8 Å². The Kier molecular flexibility index (Phi) is 4.26. The number of H-pyrrole nitrogens is 1. The number of hydrogen-bond acceptors (Lipinski definition) is 4. The summed E-state index contributed by atoms with van der Waals surface area (Å²) in [6.07, 6.45) is 0. The van der Waals surface area contributed by atoms with Gasteiger partial charge in [-0.05, 0) is 13.8 Å². The van der Waals surface area contributed by atoms with Crippen molar-refractivity contribution in [1.82, 2.24) is 10.2 Å². The lowest BCUT2D eigenvalue weighted by molar-refractivity contribution is -0.120. The van der Waals surface area contributed by atoms with Gasteiger partial charge >= 0.3 is 0 Å². The summed E-state index contributed by atoms with van der Waals surface area (Å²) in [7, 11) is 0. The van der Waals surface area contributed by atoms with Gasteiger partial charge in [0.2, 0.25) is 5.91 Å². The van der Waals surface area contributed by atoms with E-state index in [2.05, 4.69) is 15.5 Å². The van der Waals surface area contributed by atoms with E-state index in [9.17, 15) is 4.79 Å². The van der Waals surface area contributed by atoms with E-state index < -0.39 is 0 Å². The van der Waals surface area contributed by atoms with Crippen LogP contribution in [0.15, 0.2) is 0 Å². The predicted octanol–water partition coefficient (Wildman–Crippen LogP) is -0.0597. The molecule has 1 aromatic heterocycles. The summed E-state index contributed by atoms with van der Waals surface area (Å²) < 4.78 is 5.01. The van der Waals surface area contributed by atoms with Crippen molar-refractivity contribution in [2.75, 3.05) is 25.1 Å². The van der Waals surface area contributed by atoms with Crippen LogP contribution in [0.2, 0.25) is 0 Å². The molecule has 1 heterocycles. The van der Waals surface area contributed by atoms with Crippen molar-refractivity contribution < 1.29 is 9.53 Å². The molecule has 0 aliphatic carbocycles. The van der Waals surface area contributed by atoms with Gasteiger partial charge in [0.15, 0.2) is 0 Å². The van der Waals surface area contributed by atoms with E-state index in [0.717, 1.165) is 17.1 Å². The molecule has 4 N–H and O–H groups in total. The third-order valence-electron chi connectivity index (χ3n) is 1.89. The van der Waals surface area contributed by atoms with Gasteiger partial charge in [0.25, 0.3) is 0 Å². The van der Waals surface area contributed by atoms with Gasteiger partial charge in [-0.1, -0.05) is 0 Å². The van der Waals surface area contributed by atoms with Gasteiger partial charge in [0.1, 0.15) is 6.61 Å². The molecule has 84 valence electrons. The van der Waals surface area contributed by atoms with Gasteiger partial charge < -0.3 is 15.8 Å². The molecule has 6 nitrogen and oxygen atoms in total. The number of rotatable bonds is 5. The summed E-state index contributed by atoms with van der Waals surface area (Å²) in [6, 6.07) is 0. The molecule has 0 saturated carbocycles. The standard InChI is InChI=1S/C9H16N4O2/c1-6-9(7(2)13-12-6)11-8(14)5-15-4-3-10/h3-5,10H2,1-2H3,(H,11,14)(H,12,13). The molecule has 0 aliphatic rings.